The number of nitrogens with zero attached hydrogens (tertiary/aromatic N) is 2. The minimum Gasteiger partial charge on any atom is -0.396 e. The summed E-state index contributed by atoms with van der Waals surface area (Å²) in [5, 5.41) is 8.86. The second-order valence-electron chi connectivity index (χ2n) is 3.86. The maximum atomic E-state index is 8.86. The van der Waals surface area contributed by atoms with E-state index in [2.05, 4.69) is 16.8 Å². The molecule has 4 heteroatoms. The zero-order valence-electron chi connectivity index (χ0n) is 10.1. The molecule has 1 heterocycles. The highest BCUT2D eigenvalue weighted by Crippen LogP contribution is 2.22. The van der Waals surface area contributed by atoms with Gasteiger partial charge in [0.15, 0.2) is 0 Å². The summed E-state index contributed by atoms with van der Waals surface area (Å²) in [6, 6.07) is 3.89. The van der Waals surface area contributed by atoms with E-state index in [9.17, 15) is 0 Å². The highest BCUT2D eigenvalue weighted by molar-refractivity contribution is 5.48. The highest BCUT2D eigenvalue weighted by Gasteiger charge is 2.12. The molecule has 0 spiro atoms. The molecule has 1 aromatic heterocycles. The third-order valence-electron chi connectivity index (χ3n) is 2.57. The van der Waals surface area contributed by atoms with Crippen LogP contribution in [-0.4, -0.2) is 29.8 Å². The van der Waals surface area contributed by atoms with Crippen molar-refractivity contribution in [2.24, 2.45) is 5.73 Å². The van der Waals surface area contributed by atoms with Crippen LogP contribution in [0.5, 0.6) is 0 Å². The molecule has 1 rings (SSSR count). The fourth-order valence-electron chi connectivity index (χ4n) is 1.70. The Morgan fingerprint density at radius 2 is 2.31 bits per heavy atom. The number of aliphatic hydroxyl groups is 1. The lowest BCUT2D eigenvalue weighted by Gasteiger charge is -2.25. The minimum atomic E-state index is -0.0214. The quantitative estimate of drug-likeness (QED) is 0.763. The summed E-state index contributed by atoms with van der Waals surface area (Å²) in [7, 11) is 0. The number of nitrogens with two attached hydrogens (primary N) is 1. The van der Waals surface area contributed by atoms with E-state index in [4.69, 9.17) is 10.8 Å². The van der Waals surface area contributed by atoms with Crippen LogP contribution in [0.15, 0.2) is 18.3 Å². The smallest absolute Gasteiger partial charge is 0.133 e. The Kier molecular flexibility index (Phi) is 5.22. The summed E-state index contributed by atoms with van der Waals surface area (Å²) in [6.45, 7) is 5.93. The summed E-state index contributed by atoms with van der Waals surface area (Å²) >= 11 is 0. The molecule has 0 saturated carbocycles. The molecule has 0 bridgehead atoms. The van der Waals surface area contributed by atoms with Crippen molar-refractivity contribution in [1.82, 2.24) is 4.98 Å². The van der Waals surface area contributed by atoms with E-state index >= 15 is 0 Å². The van der Waals surface area contributed by atoms with Crippen molar-refractivity contribution >= 4 is 5.82 Å². The van der Waals surface area contributed by atoms with Crippen molar-refractivity contribution in [2.75, 3.05) is 24.6 Å². The molecule has 0 amide bonds. The van der Waals surface area contributed by atoms with Crippen LogP contribution in [-0.2, 0) is 0 Å². The lowest BCUT2D eigenvalue weighted by Crippen LogP contribution is -2.27. The number of aliphatic hydroxyl groups excluding tert-OH is 1. The van der Waals surface area contributed by atoms with Crippen molar-refractivity contribution in [1.29, 1.82) is 0 Å². The van der Waals surface area contributed by atoms with Crippen molar-refractivity contribution in [2.45, 2.75) is 26.3 Å². The van der Waals surface area contributed by atoms with Crippen molar-refractivity contribution in [3.05, 3.63) is 23.9 Å². The van der Waals surface area contributed by atoms with Gasteiger partial charge in [-0.3, -0.25) is 0 Å². The molecule has 1 atom stereocenters. The maximum Gasteiger partial charge on any atom is 0.133 e. The van der Waals surface area contributed by atoms with Crippen molar-refractivity contribution in [3.8, 4) is 0 Å². The fraction of sp³-hybridized carbons (Fsp3) is 0.583. The van der Waals surface area contributed by atoms with Crippen LogP contribution in [0.3, 0.4) is 0 Å². The third kappa shape index (κ3) is 3.18. The van der Waals surface area contributed by atoms with Crippen molar-refractivity contribution < 1.29 is 5.11 Å². The van der Waals surface area contributed by atoms with Crippen LogP contribution in [0, 0.1) is 0 Å². The Labute approximate surface area is 97.1 Å². The highest BCUT2D eigenvalue weighted by atomic mass is 16.3. The summed E-state index contributed by atoms with van der Waals surface area (Å²) in [6.07, 6.45) is 2.53. The Bertz CT molecular complexity index is 315. The van der Waals surface area contributed by atoms with Gasteiger partial charge >= 0.3 is 0 Å². The maximum absolute atomic E-state index is 8.86. The topological polar surface area (TPSA) is 62.4 Å². The zero-order valence-corrected chi connectivity index (χ0v) is 10.1. The molecule has 0 aliphatic heterocycles. The normalized spacial score (nSPS) is 12.5. The third-order valence-corrected chi connectivity index (χ3v) is 2.57. The van der Waals surface area contributed by atoms with Crippen LogP contribution in [0.25, 0.3) is 0 Å². The first-order valence-electron chi connectivity index (χ1n) is 5.77. The van der Waals surface area contributed by atoms with Crippen molar-refractivity contribution in [3.63, 3.8) is 0 Å². The van der Waals surface area contributed by atoms with E-state index in [-0.39, 0.29) is 12.6 Å². The van der Waals surface area contributed by atoms with Crippen LogP contribution >= 0.6 is 0 Å². The van der Waals surface area contributed by atoms with E-state index in [0.29, 0.717) is 0 Å². The first-order valence-corrected chi connectivity index (χ1v) is 5.77. The molecule has 0 radical (unpaired) electrons. The summed E-state index contributed by atoms with van der Waals surface area (Å²) in [5.41, 5.74) is 6.98. The molecular weight excluding hydrogens is 202 g/mol. The molecule has 0 aliphatic rings. The van der Waals surface area contributed by atoms with Gasteiger partial charge in [0.25, 0.3) is 0 Å². The second-order valence-corrected chi connectivity index (χ2v) is 3.86. The Balaban J connectivity index is 2.90. The van der Waals surface area contributed by atoms with E-state index in [0.717, 1.165) is 30.9 Å². The van der Waals surface area contributed by atoms with Gasteiger partial charge in [0.1, 0.15) is 5.82 Å². The zero-order chi connectivity index (χ0) is 12.0. The molecule has 0 unspecified atom stereocenters. The lowest BCUT2D eigenvalue weighted by atomic mass is 10.1. The SMILES string of the molecule is CCN(CCCO)c1ncccc1[C@H](C)N. The van der Waals surface area contributed by atoms with Gasteiger partial charge in [-0.15, -0.1) is 0 Å². The Hall–Kier alpha value is -1.13. The monoisotopic (exact) mass is 223 g/mol. The molecule has 90 valence electrons. The van der Waals surface area contributed by atoms with Gasteiger partial charge in [0.2, 0.25) is 0 Å². The van der Waals surface area contributed by atoms with E-state index in [1.54, 1.807) is 6.20 Å². The second kappa shape index (κ2) is 6.45. The molecule has 3 N–H and O–H groups in total. The number of pyridine rings is 1. The average Bonchev–Trinajstić information content (AvgIpc) is 2.30. The van der Waals surface area contributed by atoms with E-state index in [1.165, 1.54) is 0 Å². The van der Waals surface area contributed by atoms with Gasteiger partial charge in [0, 0.05) is 37.5 Å². The van der Waals surface area contributed by atoms with E-state index < -0.39 is 0 Å². The number of hydrogen-bond donors (Lipinski definition) is 2. The Morgan fingerprint density at radius 3 is 2.88 bits per heavy atom. The standard InChI is InChI=1S/C12H21N3O/c1-3-15(8-5-9-16)12-11(10(2)13)6-4-7-14-12/h4,6-7,10,16H,3,5,8-9,13H2,1-2H3/t10-/m0/s1. The number of hydrogen-bond acceptors (Lipinski definition) is 4. The van der Waals surface area contributed by atoms with Crippen LogP contribution in [0.2, 0.25) is 0 Å². The number of anilines is 1. The summed E-state index contributed by atoms with van der Waals surface area (Å²) in [4.78, 5) is 6.54. The first kappa shape index (κ1) is 12.9. The predicted molar refractivity (Wildman–Crippen MR) is 66.4 cm³/mol. The fourth-order valence-corrected chi connectivity index (χ4v) is 1.70. The summed E-state index contributed by atoms with van der Waals surface area (Å²) in [5.74, 6) is 0.938. The number of rotatable bonds is 6. The van der Waals surface area contributed by atoms with Crippen LogP contribution < -0.4 is 10.6 Å². The molecule has 4 nitrogen and oxygen atoms in total. The minimum absolute atomic E-state index is 0.0214. The van der Waals surface area contributed by atoms with Crippen LogP contribution in [0.4, 0.5) is 5.82 Å². The van der Waals surface area contributed by atoms with Gasteiger partial charge in [-0.1, -0.05) is 6.07 Å². The summed E-state index contributed by atoms with van der Waals surface area (Å²) < 4.78 is 0. The molecule has 0 saturated heterocycles. The molecule has 1 aromatic rings. The molecule has 0 fully saturated rings. The molecule has 0 aliphatic carbocycles. The van der Waals surface area contributed by atoms with Gasteiger partial charge < -0.3 is 15.7 Å². The van der Waals surface area contributed by atoms with Crippen LogP contribution in [0.1, 0.15) is 31.9 Å². The van der Waals surface area contributed by atoms with Gasteiger partial charge in [-0.2, -0.15) is 0 Å². The van der Waals surface area contributed by atoms with E-state index in [1.807, 2.05) is 19.1 Å². The van der Waals surface area contributed by atoms with Gasteiger partial charge in [-0.25, -0.2) is 4.98 Å². The molecular formula is C12H21N3O. The average molecular weight is 223 g/mol. The first-order chi connectivity index (χ1) is 7.70. The van der Waals surface area contributed by atoms with Gasteiger partial charge in [-0.05, 0) is 26.3 Å². The van der Waals surface area contributed by atoms with Gasteiger partial charge in [0.05, 0.1) is 0 Å². The lowest BCUT2D eigenvalue weighted by molar-refractivity contribution is 0.289. The predicted octanol–water partition coefficient (Wildman–Crippen LogP) is 1.31. The Morgan fingerprint density at radius 1 is 1.56 bits per heavy atom. The molecule has 16 heavy (non-hydrogen) atoms. The largest absolute Gasteiger partial charge is 0.396 e. The molecule has 0 aromatic carbocycles. The number of aromatic nitrogens is 1.